The third kappa shape index (κ3) is 5.12. The molecule has 4 aromatic rings. The zero-order valence-electron chi connectivity index (χ0n) is 18.2. The summed E-state index contributed by atoms with van der Waals surface area (Å²) in [5, 5.41) is 12.1. The first-order valence-electron chi connectivity index (χ1n) is 10.2. The van der Waals surface area contributed by atoms with E-state index in [2.05, 4.69) is 15.5 Å². The molecule has 0 spiro atoms. The Kier molecular flexibility index (Phi) is 6.85. The minimum absolute atomic E-state index is 0.106. The van der Waals surface area contributed by atoms with Crippen LogP contribution in [-0.4, -0.2) is 39.3 Å². The average molecular weight is 459 g/mol. The number of benzene rings is 3. The summed E-state index contributed by atoms with van der Waals surface area (Å²) >= 11 is 1.27. The average Bonchev–Trinajstić information content (AvgIpc) is 3.27. The van der Waals surface area contributed by atoms with Crippen molar-refractivity contribution in [3.63, 3.8) is 0 Å². The van der Waals surface area contributed by atoms with Crippen LogP contribution in [0.25, 0.3) is 17.1 Å². The number of hydrogen-bond acceptors (Lipinski definition) is 6. The molecule has 1 N–H and O–H groups in total. The Balaban J connectivity index is 1.60. The minimum Gasteiger partial charge on any atom is -0.497 e. The molecule has 166 valence electrons. The second-order valence-electron chi connectivity index (χ2n) is 7.15. The molecule has 3 aromatic carbocycles. The number of carbonyl (C=O) groups excluding carboxylic acids is 2. The number of thioether (sulfide) groups is 1. The summed E-state index contributed by atoms with van der Waals surface area (Å²) in [5.41, 5.74) is 2.70. The van der Waals surface area contributed by atoms with Gasteiger partial charge in [0.05, 0.1) is 18.6 Å². The smallest absolute Gasteiger partial charge is 0.234 e. The van der Waals surface area contributed by atoms with Crippen LogP contribution in [-0.2, 0) is 4.79 Å². The van der Waals surface area contributed by atoms with E-state index >= 15 is 0 Å². The molecule has 0 fully saturated rings. The van der Waals surface area contributed by atoms with Crippen molar-refractivity contribution in [1.29, 1.82) is 0 Å². The third-order valence-electron chi connectivity index (χ3n) is 4.89. The van der Waals surface area contributed by atoms with Crippen LogP contribution in [0.1, 0.15) is 17.3 Å². The van der Waals surface area contributed by atoms with Crippen LogP contribution >= 0.6 is 11.8 Å². The SMILES string of the molecule is COc1cccc(-c2nnc(SCC(=O)Nc3ccccc3C(C)=O)n2-c2ccccc2)c1. The molecule has 0 unspecified atom stereocenters. The molecule has 0 bridgehead atoms. The first kappa shape index (κ1) is 22.3. The molecular weight excluding hydrogens is 436 g/mol. The molecule has 8 heteroatoms. The van der Waals surface area contributed by atoms with Gasteiger partial charge in [0.15, 0.2) is 16.8 Å². The number of hydrogen-bond donors (Lipinski definition) is 1. The number of nitrogens with zero attached hydrogens (tertiary/aromatic N) is 3. The zero-order chi connectivity index (χ0) is 23.2. The first-order chi connectivity index (χ1) is 16.1. The van der Waals surface area contributed by atoms with Crippen LogP contribution in [0.5, 0.6) is 5.75 Å². The number of rotatable bonds is 8. The molecular formula is C25H22N4O3S. The number of para-hydroxylation sites is 2. The van der Waals surface area contributed by atoms with Gasteiger partial charge in [0.2, 0.25) is 5.91 Å². The maximum atomic E-state index is 12.7. The van der Waals surface area contributed by atoms with Crippen molar-refractivity contribution in [2.45, 2.75) is 12.1 Å². The van der Waals surface area contributed by atoms with Crippen molar-refractivity contribution in [2.24, 2.45) is 0 Å². The number of anilines is 1. The molecule has 0 saturated heterocycles. The fourth-order valence-corrected chi connectivity index (χ4v) is 4.09. The van der Waals surface area contributed by atoms with Crippen LogP contribution < -0.4 is 10.1 Å². The number of carbonyl (C=O) groups is 2. The Hall–Kier alpha value is -3.91. The highest BCUT2D eigenvalue weighted by Crippen LogP contribution is 2.29. The van der Waals surface area contributed by atoms with Crippen LogP contribution in [0.4, 0.5) is 5.69 Å². The van der Waals surface area contributed by atoms with E-state index in [1.807, 2.05) is 59.2 Å². The lowest BCUT2D eigenvalue weighted by atomic mass is 10.1. The Labute approximate surface area is 195 Å². The molecule has 7 nitrogen and oxygen atoms in total. The maximum absolute atomic E-state index is 12.7. The van der Waals surface area contributed by atoms with E-state index in [4.69, 9.17) is 4.74 Å². The van der Waals surface area contributed by atoms with E-state index in [-0.39, 0.29) is 17.4 Å². The third-order valence-corrected chi connectivity index (χ3v) is 5.82. The molecule has 1 amide bonds. The van der Waals surface area contributed by atoms with Crippen molar-refractivity contribution >= 4 is 29.1 Å². The van der Waals surface area contributed by atoms with Gasteiger partial charge in [-0.25, -0.2) is 0 Å². The van der Waals surface area contributed by atoms with Crippen LogP contribution in [0.3, 0.4) is 0 Å². The zero-order valence-corrected chi connectivity index (χ0v) is 19.0. The van der Waals surface area contributed by atoms with Gasteiger partial charge in [0.25, 0.3) is 0 Å². The van der Waals surface area contributed by atoms with Gasteiger partial charge in [0, 0.05) is 16.8 Å². The lowest BCUT2D eigenvalue weighted by Crippen LogP contribution is -2.16. The van der Waals surface area contributed by atoms with Gasteiger partial charge in [-0.15, -0.1) is 10.2 Å². The van der Waals surface area contributed by atoms with E-state index in [0.29, 0.717) is 28.0 Å². The molecule has 33 heavy (non-hydrogen) atoms. The normalized spacial score (nSPS) is 10.6. The van der Waals surface area contributed by atoms with Crippen molar-refractivity contribution in [3.8, 4) is 22.8 Å². The van der Waals surface area contributed by atoms with E-state index < -0.39 is 0 Å². The van der Waals surface area contributed by atoms with Crippen molar-refractivity contribution in [1.82, 2.24) is 14.8 Å². The topological polar surface area (TPSA) is 86.1 Å². The summed E-state index contributed by atoms with van der Waals surface area (Å²) < 4.78 is 7.26. The number of ether oxygens (including phenoxy) is 1. The predicted octanol–water partition coefficient (Wildman–Crippen LogP) is 4.88. The van der Waals surface area contributed by atoms with Crippen molar-refractivity contribution in [3.05, 3.63) is 84.4 Å². The number of aromatic nitrogens is 3. The quantitative estimate of drug-likeness (QED) is 0.299. The molecule has 0 aliphatic heterocycles. The van der Waals surface area contributed by atoms with Crippen molar-refractivity contribution < 1.29 is 14.3 Å². The molecule has 0 saturated carbocycles. The lowest BCUT2D eigenvalue weighted by molar-refractivity contribution is -0.113. The fourth-order valence-electron chi connectivity index (χ4n) is 3.34. The minimum atomic E-state index is -0.237. The summed E-state index contributed by atoms with van der Waals surface area (Å²) in [5.74, 6) is 1.12. The lowest BCUT2D eigenvalue weighted by Gasteiger charge is -2.11. The molecule has 1 heterocycles. The molecule has 1 aromatic heterocycles. The predicted molar refractivity (Wildman–Crippen MR) is 129 cm³/mol. The summed E-state index contributed by atoms with van der Waals surface area (Å²) in [6.45, 7) is 1.47. The van der Waals surface area contributed by atoms with Gasteiger partial charge in [0.1, 0.15) is 5.75 Å². The highest BCUT2D eigenvalue weighted by Gasteiger charge is 2.18. The van der Waals surface area contributed by atoms with Gasteiger partial charge in [-0.1, -0.05) is 54.2 Å². The number of amides is 1. The van der Waals surface area contributed by atoms with Gasteiger partial charge in [-0.2, -0.15) is 0 Å². The molecule has 0 aliphatic carbocycles. The van der Waals surface area contributed by atoms with Crippen LogP contribution in [0, 0.1) is 0 Å². The summed E-state index contributed by atoms with van der Waals surface area (Å²) in [4.78, 5) is 24.5. The summed E-state index contributed by atoms with van der Waals surface area (Å²) in [6, 6.07) is 24.3. The highest BCUT2D eigenvalue weighted by atomic mass is 32.2. The number of nitrogens with one attached hydrogen (secondary N) is 1. The van der Waals surface area contributed by atoms with E-state index in [1.165, 1.54) is 18.7 Å². The molecule has 0 atom stereocenters. The molecule has 0 radical (unpaired) electrons. The number of Topliss-reactive ketones (excluding diaryl/α,β-unsaturated/α-hetero) is 1. The second-order valence-corrected chi connectivity index (χ2v) is 8.09. The monoisotopic (exact) mass is 458 g/mol. The Morgan fingerprint density at radius 2 is 1.73 bits per heavy atom. The first-order valence-corrected chi connectivity index (χ1v) is 11.2. The maximum Gasteiger partial charge on any atom is 0.234 e. The van der Waals surface area contributed by atoms with E-state index in [1.54, 1.807) is 31.4 Å². The number of methoxy groups -OCH3 is 1. The summed E-state index contributed by atoms with van der Waals surface area (Å²) in [7, 11) is 1.62. The standard InChI is InChI=1S/C25H22N4O3S/c1-17(30)21-13-6-7-14-22(21)26-23(31)16-33-25-28-27-24(18-9-8-12-20(15-18)32-2)29(25)19-10-4-3-5-11-19/h3-15H,16H2,1-2H3,(H,26,31). The Morgan fingerprint density at radius 3 is 2.48 bits per heavy atom. The number of ketones is 1. The molecule has 0 aliphatic rings. The largest absolute Gasteiger partial charge is 0.497 e. The molecule has 4 rings (SSSR count). The van der Waals surface area contributed by atoms with Gasteiger partial charge < -0.3 is 10.1 Å². The van der Waals surface area contributed by atoms with E-state index in [9.17, 15) is 9.59 Å². The Bertz CT molecular complexity index is 1290. The van der Waals surface area contributed by atoms with Gasteiger partial charge >= 0.3 is 0 Å². The van der Waals surface area contributed by atoms with Crippen molar-refractivity contribution in [2.75, 3.05) is 18.2 Å². The Morgan fingerprint density at radius 1 is 0.970 bits per heavy atom. The summed E-state index contributed by atoms with van der Waals surface area (Å²) in [6.07, 6.45) is 0. The van der Waals surface area contributed by atoms with Gasteiger partial charge in [-0.3, -0.25) is 14.2 Å². The fraction of sp³-hybridized carbons (Fsp3) is 0.120. The van der Waals surface area contributed by atoms with Gasteiger partial charge in [-0.05, 0) is 43.3 Å². The van der Waals surface area contributed by atoms with Crippen LogP contribution in [0.2, 0.25) is 0 Å². The highest BCUT2D eigenvalue weighted by molar-refractivity contribution is 7.99. The van der Waals surface area contributed by atoms with E-state index in [0.717, 1.165) is 11.3 Å². The van der Waals surface area contributed by atoms with Crippen LogP contribution in [0.15, 0.2) is 84.0 Å². The second kappa shape index (κ2) is 10.1.